The van der Waals surface area contributed by atoms with Crippen molar-refractivity contribution in [3.63, 3.8) is 0 Å². The van der Waals surface area contributed by atoms with Gasteiger partial charge in [-0.25, -0.2) is 28.1 Å². The molecule has 0 saturated carbocycles. The molecule has 0 aliphatic rings. The number of carbonyl (C=O) groups excluding carboxylic acids is 6. The van der Waals surface area contributed by atoms with E-state index in [2.05, 4.69) is 31.9 Å². The Labute approximate surface area is 504 Å². The first-order chi connectivity index (χ1) is 34.4. The maximum Gasteiger partial charge on any atom is 0.345 e. The molecule has 0 aliphatic carbocycles. The minimum atomic E-state index is -1.58. The average molecular weight is 1810 g/mol. The molecule has 0 bridgehead atoms. The molecular weight excluding hydrogens is 1770 g/mol. The number of rotatable bonds is 21. The van der Waals surface area contributed by atoms with E-state index < -0.39 is 158 Å². The van der Waals surface area contributed by atoms with Gasteiger partial charge in [-0.15, -0.1) is 0 Å². The molecule has 0 spiro atoms. The molecule has 1 aromatic heterocycles. The van der Waals surface area contributed by atoms with Crippen molar-refractivity contribution in [3.05, 3.63) is 85.3 Å². The van der Waals surface area contributed by atoms with Gasteiger partial charge in [-0.1, -0.05) is 0 Å². The highest BCUT2D eigenvalue weighted by atomic mass is 127. The van der Waals surface area contributed by atoms with E-state index in [0.29, 0.717) is 13.7 Å². The third-order valence-corrected chi connectivity index (χ3v) is 17.2. The van der Waals surface area contributed by atoms with Crippen LogP contribution in [0.5, 0.6) is 0 Å². The molecule has 15 N–H and O–H groups in total. The number of benzene rings is 3. The summed E-state index contributed by atoms with van der Waals surface area (Å²) in [6, 6.07) is 1.97. The smallest absolute Gasteiger partial charge is 0.345 e. The summed E-state index contributed by atoms with van der Waals surface area (Å²) in [4.78, 5) is 127. The van der Waals surface area contributed by atoms with E-state index in [1.54, 1.807) is 158 Å². The molecular formula is C39H38I7N9O18. The predicted octanol–water partition coefficient (Wildman–Crippen LogP) is -2.59. The van der Waals surface area contributed by atoms with Crippen LogP contribution in [0.2, 0.25) is 0 Å². The first-order valence-corrected chi connectivity index (χ1v) is 27.6. The van der Waals surface area contributed by atoms with Crippen LogP contribution in [0.4, 0.5) is 17.1 Å². The number of aliphatic hydroxyl groups excluding tert-OH is 9. The number of carbonyl (C=O) groups is 6. The minimum Gasteiger partial charge on any atom is -0.394 e. The second kappa shape index (κ2) is 28.3. The second-order valence-corrected chi connectivity index (χ2v) is 22.1. The molecule has 6 amide bonds. The summed E-state index contributed by atoms with van der Waals surface area (Å²) >= 11 is 11.3. The van der Waals surface area contributed by atoms with Crippen molar-refractivity contribution in [3.8, 4) is 17.1 Å². The first-order valence-electron chi connectivity index (χ1n) is 20.1. The van der Waals surface area contributed by atoms with Crippen LogP contribution in [-0.2, 0) is 14.4 Å². The normalized spacial score (nSPS) is 12.4. The van der Waals surface area contributed by atoms with Gasteiger partial charge in [-0.2, -0.15) is 0 Å². The Morgan fingerprint density at radius 1 is 0.438 bits per heavy atom. The molecule has 3 unspecified atom stereocenters. The fraction of sp³-hybridized carbons (Fsp3) is 0.308. The van der Waals surface area contributed by atoms with Gasteiger partial charge in [0.15, 0.2) is 0 Å². The van der Waals surface area contributed by atoms with Gasteiger partial charge < -0.3 is 77.9 Å². The zero-order valence-corrected chi connectivity index (χ0v) is 51.5. The monoisotopic (exact) mass is 1810 g/mol. The van der Waals surface area contributed by atoms with Crippen LogP contribution in [0.25, 0.3) is 17.1 Å². The fourth-order valence-corrected chi connectivity index (χ4v) is 14.7. The number of nitrogens with one attached hydrogen (secondary N) is 6. The topological polar surface area (TPSA) is 423 Å². The van der Waals surface area contributed by atoms with E-state index in [0.717, 1.165) is 12.1 Å². The van der Waals surface area contributed by atoms with Crippen LogP contribution in [0.15, 0.2) is 26.5 Å². The van der Waals surface area contributed by atoms with E-state index in [-0.39, 0.29) is 47.6 Å². The van der Waals surface area contributed by atoms with E-state index in [1.165, 1.54) is 0 Å². The van der Waals surface area contributed by atoms with Gasteiger partial charge in [0, 0.05) is 19.6 Å². The van der Waals surface area contributed by atoms with E-state index in [4.69, 9.17) is 0 Å². The van der Waals surface area contributed by atoms with Crippen molar-refractivity contribution in [2.24, 2.45) is 0 Å². The van der Waals surface area contributed by atoms with Crippen molar-refractivity contribution in [1.82, 2.24) is 29.7 Å². The highest BCUT2D eigenvalue weighted by Crippen LogP contribution is 2.38. The Morgan fingerprint density at radius 3 is 1.08 bits per heavy atom. The third kappa shape index (κ3) is 14.4. The number of anilines is 3. The number of nitrogens with zero attached hydrogens (tertiary/aromatic N) is 3. The maximum absolute atomic E-state index is 15.5. The number of halogens is 7. The highest BCUT2D eigenvalue weighted by molar-refractivity contribution is 14.1. The molecule has 0 saturated heterocycles. The van der Waals surface area contributed by atoms with Crippen molar-refractivity contribution >= 4 is 211 Å². The van der Waals surface area contributed by atoms with Crippen molar-refractivity contribution in [1.29, 1.82) is 0 Å². The summed E-state index contributed by atoms with van der Waals surface area (Å²) in [6.45, 7) is -7.29. The van der Waals surface area contributed by atoms with E-state index in [9.17, 15) is 74.7 Å². The number of amides is 6. The number of hydrogen-bond donors (Lipinski definition) is 15. The number of aliphatic hydroxyl groups is 9. The Bertz CT molecular complexity index is 2920. The molecule has 0 aliphatic heterocycles. The van der Waals surface area contributed by atoms with E-state index in [1.807, 2.05) is 0 Å². The van der Waals surface area contributed by atoms with Crippen LogP contribution in [-0.4, -0.2) is 173 Å². The standard InChI is InChI=1S/C39H38I7N9O18/c40-23-15(34(68)47-3-12(62)6-56)1-17(25(42)30(23)50-19(65)9-59)53-37(71)54(18-2-16(35(69)48-4-13(63)7-57)24(41)31(26(18)43)51-20(66)10-60)39(73)55(38(53)72)33-28(45)22(36(70)49-5-14(64)8-58)27(44)32(29(33)46)52-21(67)11-61/h1-2,12-14,56-64H,3-11H2,(H,47,68)(H,48,69)(H,49,70)(H,50,65)(H,51,66)(H,52,67). The Balaban J connectivity index is 2.44. The van der Waals surface area contributed by atoms with Gasteiger partial charge in [0.1, 0.15) is 19.8 Å². The summed E-state index contributed by atoms with van der Waals surface area (Å²) in [6.07, 6.45) is -4.41. The van der Waals surface area contributed by atoms with Gasteiger partial charge >= 0.3 is 17.1 Å². The van der Waals surface area contributed by atoms with Crippen molar-refractivity contribution < 1.29 is 74.7 Å². The maximum atomic E-state index is 15.5. The molecule has 0 fully saturated rings. The van der Waals surface area contributed by atoms with Crippen LogP contribution < -0.4 is 49.0 Å². The van der Waals surface area contributed by atoms with Gasteiger partial charge in [-0.05, 0) is 170 Å². The molecule has 4 rings (SSSR count). The molecule has 4 aromatic rings. The van der Waals surface area contributed by atoms with E-state index >= 15 is 14.4 Å². The average Bonchev–Trinajstić information content (AvgIpc) is 3.36. The van der Waals surface area contributed by atoms with Crippen LogP contribution in [0.3, 0.4) is 0 Å². The highest BCUT2D eigenvalue weighted by Gasteiger charge is 2.33. The Hall–Kier alpha value is -2.36. The molecule has 396 valence electrons. The first kappa shape index (κ1) is 63.2. The molecule has 27 nitrogen and oxygen atoms in total. The molecule has 3 atom stereocenters. The third-order valence-electron chi connectivity index (χ3n) is 9.58. The Morgan fingerprint density at radius 2 is 0.753 bits per heavy atom. The molecule has 3 aromatic carbocycles. The zero-order valence-electron chi connectivity index (χ0n) is 36.4. The molecule has 34 heteroatoms. The zero-order chi connectivity index (χ0) is 54.9. The van der Waals surface area contributed by atoms with Gasteiger partial charge in [0.2, 0.25) is 17.7 Å². The largest absolute Gasteiger partial charge is 0.394 e. The molecule has 0 radical (unpaired) electrons. The minimum absolute atomic E-state index is 0.0496. The van der Waals surface area contributed by atoms with Crippen molar-refractivity contribution in [2.45, 2.75) is 18.3 Å². The SMILES string of the molecule is O=C(CO)Nc1c(I)c(C(=O)NCC(O)CO)cc(-n2c(=O)n(-c3cc(C(=O)NCC(O)CO)c(I)c(NC(=O)CO)c3I)c(=O)n(-c3c(I)c(NC(=O)CO)c(I)c(C(=O)NCC(O)CO)c3I)c2=O)c1I. The molecule has 73 heavy (non-hydrogen) atoms. The summed E-state index contributed by atoms with van der Waals surface area (Å²) in [5, 5.41) is 102. The lowest BCUT2D eigenvalue weighted by Gasteiger charge is -2.23. The number of aromatic nitrogens is 3. The lowest BCUT2D eigenvalue weighted by atomic mass is 10.1. The fourth-order valence-electron chi connectivity index (χ4n) is 6.07. The summed E-state index contributed by atoms with van der Waals surface area (Å²) in [5.41, 5.74) is -8.38. The number of hydrogen-bond acceptors (Lipinski definition) is 18. The predicted molar refractivity (Wildman–Crippen MR) is 316 cm³/mol. The van der Waals surface area contributed by atoms with Gasteiger partial charge in [0.25, 0.3) is 17.7 Å². The quantitative estimate of drug-likeness (QED) is 0.0381. The summed E-state index contributed by atoms with van der Waals surface area (Å²) in [5.74, 6) is -6.18. The second-order valence-electron chi connectivity index (χ2n) is 14.5. The van der Waals surface area contributed by atoms with Crippen LogP contribution in [0.1, 0.15) is 31.1 Å². The van der Waals surface area contributed by atoms with Crippen molar-refractivity contribution in [2.75, 3.05) is 75.2 Å². The summed E-state index contributed by atoms with van der Waals surface area (Å²) in [7, 11) is 0. The van der Waals surface area contributed by atoms with Crippen LogP contribution >= 0.6 is 158 Å². The van der Waals surface area contributed by atoms with Gasteiger partial charge in [0.05, 0.1) is 114 Å². The van der Waals surface area contributed by atoms with Crippen LogP contribution in [0, 0.1) is 25.0 Å². The van der Waals surface area contributed by atoms with Gasteiger partial charge in [-0.3, -0.25) is 28.8 Å². The Kier molecular flexibility index (Phi) is 24.5. The lowest BCUT2D eigenvalue weighted by Crippen LogP contribution is -2.53. The summed E-state index contributed by atoms with van der Waals surface area (Å²) < 4.78 is 0.0504. The lowest BCUT2D eigenvalue weighted by molar-refractivity contribution is -0.119. The molecule has 1 heterocycles.